The van der Waals surface area contributed by atoms with Crippen LogP contribution in [-0.4, -0.2) is 15.8 Å². The van der Waals surface area contributed by atoms with Crippen LogP contribution in [0.2, 0.25) is 0 Å². The van der Waals surface area contributed by atoms with Gasteiger partial charge in [0.2, 0.25) is 0 Å². The summed E-state index contributed by atoms with van der Waals surface area (Å²) in [4.78, 5) is 5.38. The predicted molar refractivity (Wildman–Crippen MR) is 455 cm³/mol. The first-order valence-corrected chi connectivity index (χ1v) is 37.5. The second-order valence-electron chi connectivity index (χ2n) is 30.7. The van der Waals surface area contributed by atoms with Gasteiger partial charge in [0, 0.05) is 78.3 Å². The van der Waals surface area contributed by atoms with Crippen molar-refractivity contribution in [3.05, 3.63) is 381 Å². The molecule has 0 atom stereocenters. The fourth-order valence-electron chi connectivity index (χ4n) is 17.2. The molecule has 19 rings (SSSR count). The van der Waals surface area contributed by atoms with E-state index in [1.54, 1.807) is 0 Å². The lowest BCUT2D eigenvalue weighted by molar-refractivity contribution is 0.590. The lowest BCUT2D eigenvalue weighted by Crippen LogP contribution is -2.61. The molecule has 5 heteroatoms. The topological polar surface area (TPSA) is 16.3 Å². The van der Waals surface area contributed by atoms with E-state index in [2.05, 4.69) is 431 Å². The Morgan fingerprint density at radius 3 is 0.832 bits per heavy atom. The van der Waals surface area contributed by atoms with E-state index in [0.717, 1.165) is 124 Å². The van der Waals surface area contributed by atoms with Crippen molar-refractivity contribution in [1.29, 1.82) is 0 Å². The van der Waals surface area contributed by atoms with Crippen molar-refractivity contribution in [3.8, 4) is 101 Å². The van der Waals surface area contributed by atoms with E-state index in [1.807, 2.05) is 0 Å². The minimum atomic E-state index is -0.269. The molecule has 15 aromatic carbocycles. The summed E-state index contributed by atoms with van der Waals surface area (Å²) in [7, 11) is 0. The summed E-state index contributed by atoms with van der Waals surface area (Å²) in [5, 5.41) is 2.38. The largest absolute Gasteiger partial charge is 0.310 e. The zero-order valence-corrected chi connectivity index (χ0v) is 61.1. The van der Waals surface area contributed by atoms with Crippen molar-refractivity contribution in [2.24, 2.45) is 0 Å². The minimum absolute atomic E-state index is 0.203. The van der Waals surface area contributed by atoms with Gasteiger partial charge in [-0.15, -0.1) is 0 Å². The zero-order chi connectivity index (χ0) is 72.1. The summed E-state index contributed by atoms with van der Waals surface area (Å²) in [6.07, 6.45) is 0. The normalized spacial score (nSPS) is 12.5. The van der Waals surface area contributed by atoms with Gasteiger partial charge in [-0.2, -0.15) is 0 Å². The molecule has 0 bridgehead atoms. The molecule has 0 saturated carbocycles. The third kappa shape index (κ3) is 11.0. The molecule has 17 aromatic rings. The highest BCUT2D eigenvalue weighted by atomic mass is 15.2. The van der Waals surface area contributed by atoms with Crippen molar-refractivity contribution in [2.45, 2.75) is 52.4 Å². The maximum Gasteiger partial charge on any atom is 0.252 e. The smallest absolute Gasteiger partial charge is 0.252 e. The standard InChI is InChI=1S/C102H79BN4/c1-101(2,3)76-62-82(68-36-15-7-16-37-68)99(83(63-76)69-38-17-8-18-39-69)106-90-56-35-57-91-96(90)103(86-60-58-78(66-92(86)106)104-88-54-33-31-52-80(88)94(72-44-23-11-24-45-72)97(104)74-48-27-13-28-49-74)87-61-59-79(105-89-55-34-32-53-81(89)95(73-46-25-12-26-47-73)98(105)75-50-29-14-30-51-75)67-93(87)107(91)100-84(70-40-19-9-20-41-70)64-77(102(4,5)6)65-85(100)71-42-21-10-22-43-71/h7-67H,1-6H3. The quantitative estimate of drug-likeness (QED) is 0.113. The number of aromatic nitrogens is 2. The number of para-hydroxylation sites is 2. The molecule has 0 amide bonds. The molecule has 0 spiro atoms. The number of hydrogen-bond donors (Lipinski definition) is 0. The number of fused-ring (bicyclic) bond motifs is 6. The summed E-state index contributed by atoms with van der Waals surface area (Å²) in [5.41, 5.74) is 35.3. The van der Waals surface area contributed by atoms with E-state index in [0.29, 0.717) is 0 Å². The average molecular weight is 1370 g/mol. The highest BCUT2D eigenvalue weighted by Gasteiger charge is 2.46. The lowest BCUT2D eigenvalue weighted by Gasteiger charge is -2.46. The van der Waals surface area contributed by atoms with Crippen LogP contribution in [-0.2, 0) is 10.8 Å². The van der Waals surface area contributed by atoms with Gasteiger partial charge in [-0.3, -0.25) is 0 Å². The summed E-state index contributed by atoms with van der Waals surface area (Å²) >= 11 is 0. The van der Waals surface area contributed by atoms with Gasteiger partial charge >= 0.3 is 0 Å². The van der Waals surface area contributed by atoms with Gasteiger partial charge in [-0.1, -0.05) is 339 Å². The van der Waals surface area contributed by atoms with Gasteiger partial charge in [0.15, 0.2) is 0 Å². The molecule has 2 aliphatic rings. The van der Waals surface area contributed by atoms with Crippen LogP contribution < -0.4 is 26.2 Å². The molecule has 0 fully saturated rings. The fourth-order valence-corrected chi connectivity index (χ4v) is 17.2. The monoisotopic (exact) mass is 1370 g/mol. The van der Waals surface area contributed by atoms with Crippen LogP contribution in [0.3, 0.4) is 0 Å². The van der Waals surface area contributed by atoms with Crippen molar-refractivity contribution >= 4 is 79.0 Å². The Hall–Kier alpha value is -13.0. The first-order chi connectivity index (χ1) is 52.4. The Labute approximate surface area is 628 Å². The van der Waals surface area contributed by atoms with Gasteiger partial charge in [0.25, 0.3) is 6.71 Å². The van der Waals surface area contributed by atoms with E-state index in [-0.39, 0.29) is 17.5 Å². The van der Waals surface area contributed by atoms with Crippen molar-refractivity contribution < 1.29 is 0 Å². The molecular formula is C102H79BN4. The average Bonchev–Trinajstić information content (AvgIpc) is 1.11. The third-order valence-corrected chi connectivity index (χ3v) is 22.2. The minimum Gasteiger partial charge on any atom is -0.310 e. The van der Waals surface area contributed by atoms with E-state index in [9.17, 15) is 0 Å². The van der Waals surface area contributed by atoms with Crippen LogP contribution in [0.15, 0.2) is 370 Å². The Balaban J connectivity index is 0.981. The highest BCUT2D eigenvalue weighted by Crippen LogP contribution is 2.56. The summed E-state index contributed by atoms with van der Waals surface area (Å²) in [6.45, 7) is 13.8. The molecule has 510 valence electrons. The summed E-state index contributed by atoms with van der Waals surface area (Å²) in [6, 6.07) is 139. The molecule has 0 unspecified atom stereocenters. The number of rotatable bonds is 12. The zero-order valence-electron chi connectivity index (χ0n) is 61.1. The van der Waals surface area contributed by atoms with E-state index >= 15 is 0 Å². The molecule has 2 aliphatic heterocycles. The SMILES string of the molecule is CC(C)(C)c1cc(-c2ccccc2)c(N2c3cc(-n4c(-c5ccccc5)c(-c5ccccc5)c5ccccc54)ccc3B3c4ccc(-n5c(-c6ccccc6)c(-c6ccccc6)c6ccccc65)cc4N(c4c(-c5ccccc5)cc(C(C)(C)C)cc4-c4ccccc4)c4cccc2c43)c(-c2ccccc2)c1. The van der Waals surface area contributed by atoms with Gasteiger partial charge in [0.1, 0.15) is 0 Å². The number of benzene rings is 15. The maximum absolute atomic E-state index is 2.69. The molecule has 107 heavy (non-hydrogen) atoms. The molecule has 0 aliphatic carbocycles. The fraction of sp³-hybridized carbons (Fsp3) is 0.0784. The van der Waals surface area contributed by atoms with Gasteiger partial charge in [-0.25, -0.2) is 0 Å². The van der Waals surface area contributed by atoms with Crippen LogP contribution in [0.4, 0.5) is 34.1 Å². The Kier molecular flexibility index (Phi) is 15.8. The molecule has 4 heterocycles. The third-order valence-electron chi connectivity index (χ3n) is 22.2. The van der Waals surface area contributed by atoms with Crippen LogP contribution in [0.5, 0.6) is 0 Å². The summed E-state index contributed by atoms with van der Waals surface area (Å²) in [5.74, 6) is 0. The Morgan fingerprint density at radius 1 is 0.243 bits per heavy atom. The highest BCUT2D eigenvalue weighted by molar-refractivity contribution is 7.00. The van der Waals surface area contributed by atoms with Crippen LogP contribution in [0.1, 0.15) is 52.7 Å². The maximum atomic E-state index is 2.69. The molecule has 2 aromatic heterocycles. The molecular weight excluding hydrogens is 1290 g/mol. The molecule has 4 nitrogen and oxygen atoms in total. The van der Waals surface area contributed by atoms with E-state index < -0.39 is 0 Å². The van der Waals surface area contributed by atoms with Crippen LogP contribution >= 0.6 is 0 Å². The van der Waals surface area contributed by atoms with E-state index in [4.69, 9.17) is 0 Å². The number of hydrogen-bond acceptors (Lipinski definition) is 2. The first kappa shape index (κ1) is 64.9. The van der Waals surface area contributed by atoms with Crippen LogP contribution in [0.25, 0.3) is 122 Å². The van der Waals surface area contributed by atoms with Crippen molar-refractivity contribution in [2.75, 3.05) is 9.80 Å². The predicted octanol–water partition coefficient (Wildman–Crippen LogP) is 25.6. The summed E-state index contributed by atoms with van der Waals surface area (Å²) < 4.78 is 5.10. The first-order valence-electron chi connectivity index (χ1n) is 37.5. The van der Waals surface area contributed by atoms with Crippen molar-refractivity contribution in [3.63, 3.8) is 0 Å². The molecule has 0 N–H and O–H groups in total. The van der Waals surface area contributed by atoms with Gasteiger partial charge < -0.3 is 18.9 Å². The van der Waals surface area contributed by atoms with Gasteiger partial charge in [-0.05, 0) is 156 Å². The molecule has 0 radical (unpaired) electrons. The second-order valence-corrected chi connectivity index (χ2v) is 30.7. The number of nitrogens with zero attached hydrogens (tertiary/aromatic N) is 4. The van der Waals surface area contributed by atoms with Gasteiger partial charge in [0.05, 0.1) is 33.8 Å². The second kappa shape index (κ2) is 26.0. The van der Waals surface area contributed by atoms with Crippen molar-refractivity contribution in [1.82, 2.24) is 9.13 Å². The number of anilines is 6. The molecule has 0 saturated heterocycles. The van der Waals surface area contributed by atoms with Crippen LogP contribution in [0, 0.1) is 0 Å². The Bertz CT molecular complexity index is 5730. The Morgan fingerprint density at radius 2 is 0.523 bits per heavy atom. The lowest BCUT2D eigenvalue weighted by atomic mass is 9.33. The van der Waals surface area contributed by atoms with E-state index in [1.165, 1.54) is 60.5 Å².